The van der Waals surface area contributed by atoms with Crippen LogP contribution < -0.4 is 4.74 Å². The van der Waals surface area contributed by atoms with Gasteiger partial charge < -0.3 is 9.84 Å². The Morgan fingerprint density at radius 3 is 2.61 bits per heavy atom. The Labute approximate surface area is 215 Å². The molecule has 1 aliphatic heterocycles. The summed E-state index contributed by atoms with van der Waals surface area (Å²) in [7, 11) is -2.02. The minimum absolute atomic E-state index is 0.0610. The molecule has 8 heteroatoms. The van der Waals surface area contributed by atoms with Crippen LogP contribution in [0.5, 0.6) is 5.75 Å². The Hall–Kier alpha value is -2.44. The van der Waals surface area contributed by atoms with Crippen molar-refractivity contribution < 1.29 is 22.7 Å². The van der Waals surface area contributed by atoms with Crippen molar-refractivity contribution in [1.29, 1.82) is 0 Å². The molecule has 0 amide bonds. The van der Waals surface area contributed by atoms with E-state index in [4.69, 9.17) is 4.74 Å². The number of sulfonamides is 1. The molecule has 0 unspecified atom stereocenters. The fourth-order valence-corrected chi connectivity index (χ4v) is 5.99. The highest BCUT2D eigenvalue weighted by Gasteiger charge is 2.38. The second-order valence-electron chi connectivity index (χ2n) is 10.1. The third kappa shape index (κ3) is 6.86. The molecule has 0 saturated heterocycles. The Kier molecular flexibility index (Phi) is 9.53. The number of aliphatic hydroxyl groups excluding tert-OH is 1. The van der Waals surface area contributed by atoms with Crippen LogP contribution in [-0.4, -0.2) is 61.6 Å². The molecule has 196 valence electrons. The highest BCUT2D eigenvalue weighted by molar-refractivity contribution is 7.89. The molecule has 0 fully saturated rings. The number of rotatable bonds is 7. The summed E-state index contributed by atoms with van der Waals surface area (Å²) >= 11 is 0. The van der Waals surface area contributed by atoms with Gasteiger partial charge in [-0.05, 0) is 44.2 Å². The third-order valence-electron chi connectivity index (χ3n) is 6.30. The molecule has 2 aromatic carbocycles. The molecule has 0 radical (unpaired) electrons. The maximum atomic E-state index is 14.2. The fraction of sp³-hybridized carbons (Fsp3) is 0.500. The van der Waals surface area contributed by atoms with Gasteiger partial charge in [0, 0.05) is 49.1 Å². The van der Waals surface area contributed by atoms with Gasteiger partial charge in [0.15, 0.2) is 0 Å². The maximum Gasteiger partial charge on any atom is 0.247 e. The SMILES string of the molecule is CC(C)CC#Cc1ccc2c(c1)O[C@H](CN(C)Cc1ccccc1F)[C@@H](C)CN([C@@H](C)CO)S2(=O)=O. The van der Waals surface area contributed by atoms with Gasteiger partial charge in [-0.25, -0.2) is 12.8 Å². The number of aliphatic hydroxyl groups is 1. The molecule has 36 heavy (non-hydrogen) atoms. The van der Waals surface area contributed by atoms with E-state index in [1.165, 1.54) is 16.4 Å². The van der Waals surface area contributed by atoms with Crippen LogP contribution in [0.4, 0.5) is 4.39 Å². The molecule has 0 saturated carbocycles. The second-order valence-corrected chi connectivity index (χ2v) is 11.9. The standard InChI is InChI=1S/C28H37FN2O4S/c1-20(2)9-8-10-23-13-14-28-26(15-23)35-27(18-30(5)17-24-11-6-7-12-25(24)29)21(3)16-31(22(4)19-32)36(28,33)34/h6-7,11-15,20-22,27,32H,9,16-19H2,1-5H3/t21-,22-,27+/m0/s1. The highest BCUT2D eigenvalue weighted by Crippen LogP contribution is 2.34. The van der Waals surface area contributed by atoms with E-state index in [1.807, 2.05) is 18.9 Å². The number of ether oxygens (including phenoxy) is 1. The maximum absolute atomic E-state index is 14.2. The quantitative estimate of drug-likeness (QED) is 0.561. The molecule has 0 bridgehead atoms. The van der Waals surface area contributed by atoms with Crippen LogP contribution in [-0.2, 0) is 16.6 Å². The topological polar surface area (TPSA) is 70.1 Å². The lowest BCUT2D eigenvalue weighted by molar-refractivity contribution is 0.0731. The number of hydrogen-bond acceptors (Lipinski definition) is 5. The predicted molar refractivity (Wildman–Crippen MR) is 140 cm³/mol. The average molecular weight is 517 g/mol. The summed E-state index contributed by atoms with van der Waals surface area (Å²) in [6.07, 6.45) is 0.363. The monoisotopic (exact) mass is 516 g/mol. The van der Waals surface area contributed by atoms with E-state index in [1.54, 1.807) is 37.3 Å². The second kappa shape index (κ2) is 12.2. The Morgan fingerprint density at radius 2 is 1.94 bits per heavy atom. The molecule has 1 aliphatic rings. The van der Waals surface area contributed by atoms with Crippen molar-refractivity contribution in [2.45, 2.75) is 57.7 Å². The molecule has 1 heterocycles. The zero-order valence-electron chi connectivity index (χ0n) is 21.7. The van der Waals surface area contributed by atoms with Gasteiger partial charge in [0.25, 0.3) is 0 Å². The average Bonchev–Trinajstić information content (AvgIpc) is 2.82. The molecular weight excluding hydrogens is 479 g/mol. The van der Waals surface area contributed by atoms with Crippen LogP contribution in [0.15, 0.2) is 47.4 Å². The van der Waals surface area contributed by atoms with Gasteiger partial charge in [-0.1, -0.05) is 50.8 Å². The first kappa shape index (κ1) is 28.1. The van der Waals surface area contributed by atoms with Crippen LogP contribution in [0.3, 0.4) is 0 Å². The number of halogens is 1. The summed E-state index contributed by atoms with van der Waals surface area (Å²) in [5, 5.41) is 9.80. The first-order valence-corrected chi connectivity index (χ1v) is 13.8. The first-order valence-electron chi connectivity index (χ1n) is 12.4. The van der Waals surface area contributed by atoms with Crippen molar-refractivity contribution in [2.75, 3.05) is 26.7 Å². The van der Waals surface area contributed by atoms with Crippen LogP contribution >= 0.6 is 0 Å². The number of hydrogen-bond donors (Lipinski definition) is 1. The van der Waals surface area contributed by atoms with E-state index in [9.17, 15) is 17.9 Å². The summed E-state index contributed by atoms with van der Waals surface area (Å²) in [6.45, 7) is 8.55. The largest absolute Gasteiger partial charge is 0.487 e. The summed E-state index contributed by atoms with van der Waals surface area (Å²) in [5.41, 5.74) is 1.26. The van der Waals surface area contributed by atoms with Gasteiger partial charge in [-0.3, -0.25) is 4.90 Å². The van der Waals surface area contributed by atoms with Crippen molar-refractivity contribution in [3.05, 3.63) is 59.4 Å². The van der Waals surface area contributed by atoms with Crippen molar-refractivity contribution >= 4 is 10.0 Å². The number of nitrogens with zero attached hydrogens (tertiary/aromatic N) is 2. The van der Waals surface area contributed by atoms with Gasteiger partial charge >= 0.3 is 0 Å². The Bertz CT molecular complexity index is 1210. The summed E-state index contributed by atoms with van der Waals surface area (Å²) in [5.74, 6) is 6.47. The molecule has 3 atom stereocenters. The molecule has 0 aliphatic carbocycles. The summed E-state index contributed by atoms with van der Waals surface area (Å²) in [4.78, 5) is 2.03. The molecule has 0 aromatic heterocycles. The Morgan fingerprint density at radius 1 is 1.22 bits per heavy atom. The van der Waals surface area contributed by atoms with Gasteiger partial charge in [-0.15, -0.1) is 0 Å². The van der Waals surface area contributed by atoms with E-state index < -0.39 is 16.1 Å². The molecule has 3 rings (SSSR count). The number of fused-ring (bicyclic) bond motifs is 1. The first-order chi connectivity index (χ1) is 17.0. The minimum atomic E-state index is -3.91. The fourth-order valence-electron chi connectivity index (χ4n) is 4.17. The van der Waals surface area contributed by atoms with Crippen molar-refractivity contribution in [2.24, 2.45) is 11.8 Å². The number of likely N-dealkylation sites (N-methyl/N-ethyl adjacent to an activating group) is 1. The van der Waals surface area contributed by atoms with Gasteiger partial charge in [-0.2, -0.15) is 4.31 Å². The van der Waals surface area contributed by atoms with Crippen molar-refractivity contribution in [1.82, 2.24) is 9.21 Å². The smallest absolute Gasteiger partial charge is 0.247 e. The number of benzene rings is 2. The lowest BCUT2D eigenvalue weighted by Gasteiger charge is -2.37. The summed E-state index contributed by atoms with van der Waals surface area (Å²) < 4.78 is 49.1. The zero-order chi connectivity index (χ0) is 26.5. The molecule has 0 spiro atoms. The minimum Gasteiger partial charge on any atom is -0.487 e. The van der Waals surface area contributed by atoms with E-state index in [0.717, 1.165) is 6.42 Å². The van der Waals surface area contributed by atoms with Crippen LogP contribution in [0.25, 0.3) is 0 Å². The van der Waals surface area contributed by atoms with Gasteiger partial charge in [0.1, 0.15) is 22.6 Å². The van der Waals surface area contributed by atoms with E-state index in [0.29, 0.717) is 30.1 Å². The van der Waals surface area contributed by atoms with Crippen molar-refractivity contribution in [3.63, 3.8) is 0 Å². The Balaban J connectivity index is 1.97. The van der Waals surface area contributed by atoms with Gasteiger partial charge in [0.05, 0.1) is 6.61 Å². The predicted octanol–water partition coefficient (Wildman–Crippen LogP) is 4.12. The van der Waals surface area contributed by atoms with Crippen molar-refractivity contribution in [3.8, 4) is 17.6 Å². The lowest BCUT2D eigenvalue weighted by atomic mass is 10.0. The van der Waals surface area contributed by atoms with E-state index in [2.05, 4.69) is 25.7 Å². The molecular formula is C28H37FN2O4S. The summed E-state index contributed by atoms with van der Waals surface area (Å²) in [6, 6.07) is 11.0. The highest BCUT2D eigenvalue weighted by atomic mass is 32.2. The molecule has 6 nitrogen and oxygen atoms in total. The van der Waals surface area contributed by atoms with Crippen LogP contribution in [0.1, 0.15) is 45.2 Å². The van der Waals surface area contributed by atoms with Gasteiger partial charge in [0.2, 0.25) is 10.0 Å². The van der Waals surface area contributed by atoms with Crippen LogP contribution in [0, 0.1) is 29.5 Å². The molecule has 2 aromatic rings. The third-order valence-corrected chi connectivity index (χ3v) is 8.32. The van der Waals surface area contributed by atoms with E-state index >= 15 is 0 Å². The normalized spacial score (nSPS) is 20.6. The van der Waals surface area contributed by atoms with E-state index in [-0.39, 0.29) is 41.6 Å². The van der Waals surface area contributed by atoms with Crippen LogP contribution in [0.2, 0.25) is 0 Å². The molecule has 1 N–H and O–H groups in total. The lowest BCUT2D eigenvalue weighted by Crippen LogP contribution is -2.49. The zero-order valence-corrected chi connectivity index (χ0v) is 22.6.